The maximum absolute atomic E-state index is 13.2. The molecule has 0 aromatic heterocycles. The first kappa shape index (κ1) is 12.8. The molecule has 1 atom stereocenters. The number of thioether (sulfide) groups is 1. The van der Waals surface area contributed by atoms with Gasteiger partial charge < -0.3 is 0 Å². The predicted octanol–water partition coefficient (Wildman–Crippen LogP) is 4.22. The van der Waals surface area contributed by atoms with Crippen molar-refractivity contribution >= 4 is 23.4 Å². The van der Waals surface area contributed by atoms with Gasteiger partial charge in [-0.25, -0.2) is 8.78 Å². The zero-order valence-electron chi connectivity index (χ0n) is 8.47. The Morgan fingerprint density at radius 2 is 2.13 bits per heavy atom. The Morgan fingerprint density at radius 3 is 2.73 bits per heavy atom. The summed E-state index contributed by atoms with van der Waals surface area (Å²) in [5.41, 5.74) is 0.544. The van der Waals surface area contributed by atoms with E-state index in [9.17, 15) is 8.78 Å². The van der Waals surface area contributed by atoms with E-state index in [1.165, 1.54) is 12.1 Å². The van der Waals surface area contributed by atoms with Crippen molar-refractivity contribution in [2.24, 2.45) is 0 Å². The SMILES string of the molecule is CC(CCCl)SCc1ccc(F)cc1F. The minimum atomic E-state index is -0.532. The summed E-state index contributed by atoms with van der Waals surface area (Å²) < 4.78 is 25.8. The molecule has 0 fully saturated rings. The highest BCUT2D eigenvalue weighted by molar-refractivity contribution is 7.99. The van der Waals surface area contributed by atoms with Gasteiger partial charge in [-0.2, -0.15) is 11.8 Å². The maximum atomic E-state index is 13.2. The van der Waals surface area contributed by atoms with Crippen molar-refractivity contribution in [2.45, 2.75) is 24.3 Å². The lowest BCUT2D eigenvalue weighted by Gasteiger charge is -2.09. The number of rotatable bonds is 5. The van der Waals surface area contributed by atoms with Crippen molar-refractivity contribution in [3.63, 3.8) is 0 Å². The van der Waals surface area contributed by atoms with Crippen LogP contribution in [0, 0.1) is 11.6 Å². The quantitative estimate of drug-likeness (QED) is 0.706. The maximum Gasteiger partial charge on any atom is 0.130 e. The van der Waals surface area contributed by atoms with Crippen molar-refractivity contribution in [2.75, 3.05) is 5.88 Å². The minimum Gasteiger partial charge on any atom is -0.207 e. The van der Waals surface area contributed by atoms with Gasteiger partial charge in [-0.3, -0.25) is 0 Å². The standard InChI is InChI=1S/C11H13ClF2S/c1-8(4-5-12)15-7-9-2-3-10(13)6-11(9)14/h2-3,6,8H,4-5,7H2,1H3. The number of hydrogen-bond acceptors (Lipinski definition) is 1. The van der Waals surface area contributed by atoms with Crippen LogP contribution in [0.25, 0.3) is 0 Å². The second-order valence-corrected chi connectivity index (χ2v) is 5.14. The fourth-order valence-corrected chi connectivity index (χ4v) is 2.55. The van der Waals surface area contributed by atoms with Crippen LogP contribution >= 0.6 is 23.4 Å². The predicted molar refractivity (Wildman–Crippen MR) is 62.5 cm³/mol. The Kier molecular flexibility index (Phi) is 5.40. The molecule has 0 N–H and O–H groups in total. The number of benzene rings is 1. The van der Waals surface area contributed by atoms with Crippen molar-refractivity contribution in [3.05, 3.63) is 35.4 Å². The van der Waals surface area contributed by atoms with Crippen LogP contribution in [0.15, 0.2) is 18.2 Å². The van der Waals surface area contributed by atoms with Crippen molar-refractivity contribution < 1.29 is 8.78 Å². The average Bonchev–Trinajstić information content (AvgIpc) is 2.17. The van der Waals surface area contributed by atoms with Gasteiger partial charge in [0.05, 0.1) is 0 Å². The van der Waals surface area contributed by atoms with Crippen LogP contribution in [0.5, 0.6) is 0 Å². The lowest BCUT2D eigenvalue weighted by atomic mass is 10.2. The molecule has 1 aromatic carbocycles. The molecule has 0 heterocycles. The second kappa shape index (κ2) is 6.33. The van der Waals surface area contributed by atoms with Gasteiger partial charge in [0.2, 0.25) is 0 Å². The molecule has 1 rings (SSSR count). The van der Waals surface area contributed by atoms with E-state index >= 15 is 0 Å². The second-order valence-electron chi connectivity index (χ2n) is 3.34. The lowest BCUT2D eigenvalue weighted by Crippen LogP contribution is -1.98. The van der Waals surface area contributed by atoms with Crippen molar-refractivity contribution in [1.29, 1.82) is 0 Å². The summed E-state index contributed by atoms with van der Waals surface area (Å²) in [4.78, 5) is 0. The molecule has 0 amide bonds. The highest BCUT2D eigenvalue weighted by Gasteiger charge is 2.06. The summed E-state index contributed by atoms with van der Waals surface area (Å²) in [6, 6.07) is 3.69. The fraction of sp³-hybridized carbons (Fsp3) is 0.455. The summed E-state index contributed by atoms with van der Waals surface area (Å²) in [6.07, 6.45) is 0.898. The molecule has 0 nitrogen and oxygen atoms in total. The van der Waals surface area contributed by atoms with Crippen molar-refractivity contribution in [3.8, 4) is 0 Å². The summed E-state index contributed by atoms with van der Waals surface area (Å²) in [5.74, 6) is 0.167. The molecule has 4 heteroatoms. The molecule has 0 aliphatic rings. The fourth-order valence-electron chi connectivity index (χ4n) is 1.11. The topological polar surface area (TPSA) is 0 Å². The van der Waals surface area contributed by atoms with E-state index < -0.39 is 11.6 Å². The molecular weight excluding hydrogens is 238 g/mol. The first-order valence-corrected chi connectivity index (χ1v) is 6.33. The van der Waals surface area contributed by atoms with E-state index in [2.05, 4.69) is 6.92 Å². The minimum absolute atomic E-state index is 0.395. The molecule has 0 spiro atoms. The smallest absolute Gasteiger partial charge is 0.130 e. The van der Waals surface area contributed by atoms with Gasteiger partial charge in [0.25, 0.3) is 0 Å². The zero-order valence-corrected chi connectivity index (χ0v) is 10.0. The van der Waals surface area contributed by atoms with E-state index in [1.807, 2.05) is 0 Å². The van der Waals surface area contributed by atoms with Crippen LogP contribution < -0.4 is 0 Å². The molecule has 0 aliphatic carbocycles. The summed E-state index contributed by atoms with van der Waals surface area (Å²) in [5, 5.41) is 0.395. The van der Waals surface area contributed by atoms with Gasteiger partial charge in [0.15, 0.2) is 0 Å². The molecule has 84 valence electrons. The van der Waals surface area contributed by atoms with Gasteiger partial charge >= 0.3 is 0 Å². The molecular formula is C11H13ClF2S. The van der Waals surface area contributed by atoms with E-state index in [4.69, 9.17) is 11.6 Å². The van der Waals surface area contributed by atoms with E-state index in [0.29, 0.717) is 22.4 Å². The van der Waals surface area contributed by atoms with Gasteiger partial charge in [-0.05, 0) is 18.1 Å². The summed E-state index contributed by atoms with van der Waals surface area (Å²) in [7, 11) is 0. The lowest BCUT2D eigenvalue weighted by molar-refractivity contribution is 0.576. The molecule has 0 saturated carbocycles. The monoisotopic (exact) mass is 250 g/mol. The summed E-state index contributed by atoms with van der Waals surface area (Å²) in [6.45, 7) is 2.05. The zero-order chi connectivity index (χ0) is 11.3. The van der Waals surface area contributed by atoms with E-state index in [-0.39, 0.29) is 0 Å². The molecule has 0 saturated heterocycles. The van der Waals surface area contributed by atoms with Crippen LogP contribution in [0.3, 0.4) is 0 Å². The third kappa shape index (κ3) is 4.39. The Bertz CT molecular complexity index is 317. The van der Waals surface area contributed by atoms with Gasteiger partial charge in [0.1, 0.15) is 11.6 Å². The number of halogens is 3. The van der Waals surface area contributed by atoms with E-state index in [0.717, 1.165) is 12.5 Å². The molecule has 15 heavy (non-hydrogen) atoms. The van der Waals surface area contributed by atoms with Crippen LogP contribution in [-0.4, -0.2) is 11.1 Å². The Labute approximate surface area is 98.0 Å². The summed E-state index contributed by atoms with van der Waals surface area (Å²) >= 11 is 7.22. The third-order valence-corrected chi connectivity index (χ3v) is 3.55. The first-order chi connectivity index (χ1) is 7.13. The van der Waals surface area contributed by atoms with Crippen LogP contribution in [0.2, 0.25) is 0 Å². The normalized spacial score (nSPS) is 12.8. The Hall–Kier alpha value is -0.280. The van der Waals surface area contributed by atoms with Crippen molar-refractivity contribution in [1.82, 2.24) is 0 Å². The van der Waals surface area contributed by atoms with Crippen LogP contribution in [-0.2, 0) is 5.75 Å². The third-order valence-electron chi connectivity index (χ3n) is 2.05. The molecule has 0 aliphatic heterocycles. The highest BCUT2D eigenvalue weighted by Crippen LogP contribution is 2.22. The van der Waals surface area contributed by atoms with Gasteiger partial charge in [-0.1, -0.05) is 13.0 Å². The Morgan fingerprint density at radius 1 is 1.40 bits per heavy atom. The van der Waals surface area contributed by atoms with Gasteiger partial charge in [-0.15, -0.1) is 11.6 Å². The Balaban J connectivity index is 2.50. The average molecular weight is 251 g/mol. The molecule has 0 bridgehead atoms. The van der Waals surface area contributed by atoms with Crippen LogP contribution in [0.4, 0.5) is 8.78 Å². The first-order valence-electron chi connectivity index (χ1n) is 4.75. The molecule has 0 radical (unpaired) electrons. The van der Waals surface area contributed by atoms with Gasteiger partial charge in [0, 0.05) is 22.9 Å². The highest BCUT2D eigenvalue weighted by atomic mass is 35.5. The number of alkyl halides is 1. The number of hydrogen-bond donors (Lipinski definition) is 0. The molecule has 1 unspecified atom stereocenters. The van der Waals surface area contributed by atoms with E-state index in [1.54, 1.807) is 11.8 Å². The van der Waals surface area contributed by atoms with Crippen LogP contribution in [0.1, 0.15) is 18.9 Å². The largest absolute Gasteiger partial charge is 0.207 e. The molecule has 1 aromatic rings.